The standard InChI is InChI=1S/C26H26BrF5N4O2/c27-19-3-1-17(22(29)23(19)30)18-7-10-36(13-26(18,31)32)15-5-8-35(9-6-15)24-20(28)11-14(12-33-24)16-2-4-21(37)34-25(16)38/h1,3,11-12,15-16,18H,2,4-10,13H2,(H,34,37,38)/t16?,18-/m0/s1. The van der Waals surface area contributed by atoms with Crippen LogP contribution in [-0.2, 0) is 9.59 Å². The Hall–Kier alpha value is -2.60. The fourth-order valence-electron chi connectivity index (χ4n) is 5.79. The number of pyridine rings is 1. The van der Waals surface area contributed by atoms with Crippen LogP contribution in [0.1, 0.15) is 55.1 Å². The molecule has 2 amide bonds. The molecular weight excluding hydrogens is 575 g/mol. The van der Waals surface area contributed by atoms with Crippen molar-refractivity contribution in [1.82, 2.24) is 15.2 Å². The number of nitrogens with zero attached hydrogens (tertiary/aromatic N) is 3. The molecule has 4 heterocycles. The maximum atomic E-state index is 15.1. The average Bonchev–Trinajstić information content (AvgIpc) is 2.87. The average molecular weight is 601 g/mol. The molecule has 1 aromatic heterocycles. The van der Waals surface area contributed by atoms with E-state index in [1.54, 1.807) is 9.80 Å². The number of halogens is 6. The minimum atomic E-state index is -3.24. The van der Waals surface area contributed by atoms with Gasteiger partial charge in [-0.1, -0.05) is 6.07 Å². The van der Waals surface area contributed by atoms with Gasteiger partial charge in [0.05, 0.1) is 22.9 Å². The molecule has 5 rings (SSSR count). The maximum absolute atomic E-state index is 15.1. The fourth-order valence-corrected chi connectivity index (χ4v) is 6.10. The molecule has 1 unspecified atom stereocenters. The number of carbonyl (C=O) groups is 2. The highest BCUT2D eigenvalue weighted by Crippen LogP contribution is 2.43. The smallest absolute Gasteiger partial charge is 0.267 e. The summed E-state index contributed by atoms with van der Waals surface area (Å²) in [4.78, 5) is 31.1. The Kier molecular flexibility index (Phi) is 7.47. The summed E-state index contributed by atoms with van der Waals surface area (Å²) in [5.74, 6) is -8.97. The van der Waals surface area contributed by atoms with Crippen LogP contribution in [0.15, 0.2) is 28.9 Å². The summed E-state index contributed by atoms with van der Waals surface area (Å²) in [6.07, 6.45) is 2.93. The van der Waals surface area contributed by atoms with Crippen LogP contribution in [0.5, 0.6) is 0 Å². The zero-order valence-corrected chi connectivity index (χ0v) is 21.9. The third-order valence-electron chi connectivity index (χ3n) is 7.83. The van der Waals surface area contributed by atoms with Gasteiger partial charge in [0.2, 0.25) is 11.8 Å². The van der Waals surface area contributed by atoms with Crippen molar-refractivity contribution in [3.63, 3.8) is 0 Å². The molecule has 0 spiro atoms. The summed E-state index contributed by atoms with van der Waals surface area (Å²) in [7, 11) is 0. The van der Waals surface area contributed by atoms with Crippen LogP contribution in [0.25, 0.3) is 0 Å². The summed E-state index contributed by atoms with van der Waals surface area (Å²) in [5, 5.41) is 2.25. The van der Waals surface area contributed by atoms with Crippen molar-refractivity contribution in [1.29, 1.82) is 0 Å². The topological polar surface area (TPSA) is 65.5 Å². The lowest BCUT2D eigenvalue weighted by Crippen LogP contribution is -2.54. The van der Waals surface area contributed by atoms with Gasteiger partial charge >= 0.3 is 0 Å². The lowest BCUT2D eigenvalue weighted by atomic mass is 9.84. The van der Waals surface area contributed by atoms with Crippen molar-refractivity contribution >= 4 is 33.6 Å². The van der Waals surface area contributed by atoms with Gasteiger partial charge in [0, 0.05) is 37.3 Å². The molecule has 12 heteroatoms. The van der Waals surface area contributed by atoms with E-state index in [9.17, 15) is 22.8 Å². The molecule has 2 atom stereocenters. The molecular formula is C26H26BrF5N4O2. The van der Waals surface area contributed by atoms with E-state index in [0.717, 1.165) is 0 Å². The molecule has 6 nitrogen and oxygen atoms in total. The number of alkyl halides is 2. The monoisotopic (exact) mass is 600 g/mol. The van der Waals surface area contributed by atoms with Crippen molar-refractivity contribution in [2.75, 3.05) is 31.1 Å². The van der Waals surface area contributed by atoms with Crippen LogP contribution in [0.2, 0.25) is 0 Å². The maximum Gasteiger partial charge on any atom is 0.267 e. The SMILES string of the molecule is O=C1CCC(c2cnc(N3CCC(N4CC[C@@H](c5ccc(Br)c(F)c5F)C(F)(F)C4)CC3)c(F)c2)C(=O)N1. The number of hydrogen-bond donors (Lipinski definition) is 1. The zero-order valence-electron chi connectivity index (χ0n) is 20.3. The first-order valence-electron chi connectivity index (χ1n) is 12.5. The first-order valence-corrected chi connectivity index (χ1v) is 13.3. The zero-order chi connectivity index (χ0) is 27.2. The molecule has 1 aromatic carbocycles. The van der Waals surface area contributed by atoms with E-state index in [1.165, 1.54) is 24.4 Å². The number of amides is 2. The molecule has 0 radical (unpaired) electrons. The van der Waals surface area contributed by atoms with E-state index in [0.29, 0.717) is 44.5 Å². The number of imide groups is 1. The fraction of sp³-hybridized carbons (Fsp3) is 0.500. The van der Waals surface area contributed by atoms with Crippen LogP contribution in [0, 0.1) is 17.5 Å². The minimum Gasteiger partial charge on any atom is -0.354 e. The highest BCUT2D eigenvalue weighted by atomic mass is 79.9. The number of rotatable bonds is 4. The van der Waals surface area contributed by atoms with Crippen LogP contribution >= 0.6 is 15.9 Å². The van der Waals surface area contributed by atoms with Crippen molar-refractivity contribution in [2.24, 2.45) is 0 Å². The quantitative estimate of drug-likeness (QED) is 0.308. The largest absolute Gasteiger partial charge is 0.354 e. The predicted octanol–water partition coefficient (Wildman–Crippen LogP) is 4.88. The molecule has 2 aromatic rings. The number of benzene rings is 1. The van der Waals surface area contributed by atoms with Crippen LogP contribution in [-0.4, -0.2) is 59.8 Å². The van der Waals surface area contributed by atoms with Crippen LogP contribution in [0.4, 0.5) is 27.8 Å². The Balaban J connectivity index is 1.21. The second kappa shape index (κ2) is 10.5. The lowest BCUT2D eigenvalue weighted by molar-refractivity contribution is -0.134. The van der Waals surface area contributed by atoms with Crippen LogP contribution in [0.3, 0.4) is 0 Å². The minimum absolute atomic E-state index is 0.0107. The molecule has 3 aliphatic rings. The molecule has 1 N–H and O–H groups in total. The van der Waals surface area contributed by atoms with Crippen molar-refractivity contribution < 1.29 is 31.5 Å². The Morgan fingerprint density at radius 2 is 1.74 bits per heavy atom. The van der Waals surface area contributed by atoms with E-state index in [-0.39, 0.29) is 40.6 Å². The molecule has 204 valence electrons. The van der Waals surface area contributed by atoms with E-state index in [4.69, 9.17) is 0 Å². The number of nitrogens with one attached hydrogen (secondary N) is 1. The Bertz CT molecular complexity index is 1250. The molecule has 0 saturated carbocycles. The summed E-state index contributed by atoms with van der Waals surface area (Å²) >= 11 is 2.88. The Labute approximate surface area is 224 Å². The summed E-state index contributed by atoms with van der Waals surface area (Å²) in [6, 6.07) is 3.57. The van der Waals surface area contributed by atoms with E-state index in [1.807, 2.05) is 0 Å². The first kappa shape index (κ1) is 27.0. The van der Waals surface area contributed by atoms with Gasteiger partial charge < -0.3 is 4.90 Å². The highest BCUT2D eigenvalue weighted by molar-refractivity contribution is 9.10. The van der Waals surface area contributed by atoms with Gasteiger partial charge in [-0.2, -0.15) is 0 Å². The normalized spacial score (nSPS) is 24.9. The number of aromatic nitrogens is 1. The molecule has 0 bridgehead atoms. The molecule has 0 aliphatic carbocycles. The predicted molar refractivity (Wildman–Crippen MR) is 132 cm³/mol. The number of hydrogen-bond acceptors (Lipinski definition) is 5. The summed E-state index contributed by atoms with van der Waals surface area (Å²) in [6.45, 7) is 0.566. The van der Waals surface area contributed by atoms with E-state index >= 15 is 8.78 Å². The Morgan fingerprint density at radius 1 is 1.00 bits per heavy atom. The molecule has 3 aliphatic heterocycles. The van der Waals surface area contributed by atoms with Crippen molar-refractivity contribution in [3.05, 3.63) is 57.4 Å². The van der Waals surface area contributed by atoms with Gasteiger partial charge in [0.1, 0.15) is 0 Å². The molecule has 3 saturated heterocycles. The number of likely N-dealkylation sites (tertiary alicyclic amines) is 1. The Morgan fingerprint density at radius 3 is 2.39 bits per heavy atom. The van der Waals surface area contributed by atoms with Gasteiger partial charge in [-0.15, -0.1) is 0 Å². The number of anilines is 1. The third kappa shape index (κ3) is 5.16. The molecule has 38 heavy (non-hydrogen) atoms. The van der Waals surface area contributed by atoms with Gasteiger partial charge in [0.25, 0.3) is 5.92 Å². The second-order valence-electron chi connectivity index (χ2n) is 10.1. The van der Waals surface area contributed by atoms with Crippen LogP contribution < -0.4 is 10.2 Å². The van der Waals surface area contributed by atoms with Gasteiger partial charge in [0.15, 0.2) is 23.3 Å². The molecule has 3 fully saturated rings. The summed E-state index contributed by atoms with van der Waals surface area (Å²) in [5.41, 5.74) is 0.0887. The van der Waals surface area contributed by atoms with Gasteiger partial charge in [-0.25, -0.2) is 26.9 Å². The van der Waals surface area contributed by atoms with E-state index in [2.05, 4.69) is 26.2 Å². The third-order valence-corrected chi connectivity index (χ3v) is 8.45. The van der Waals surface area contributed by atoms with Crippen molar-refractivity contribution in [3.8, 4) is 0 Å². The highest BCUT2D eigenvalue weighted by Gasteiger charge is 2.48. The first-order chi connectivity index (χ1) is 18.0. The van der Waals surface area contributed by atoms with Gasteiger partial charge in [-0.05, 0) is 65.9 Å². The lowest BCUT2D eigenvalue weighted by Gasteiger charge is -2.45. The number of carbonyl (C=O) groups excluding carboxylic acids is 2. The number of piperidine rings is 3. The van der Waals surface area contributed by atoms with Gasteiger partial charge in [-0.3, -0.25) is 19.8 Å². The summed E-state index contributed by atoms with van der Waals surface area (Å²) < 4.78 is 73.5. The second-order valence-corrected chi connectivity index (χ2v) is 11.0. The van der Waals surface area contributed by atoms with E-state index < -0.39 is 47.7 Å². The van der Waals surface area contributed by atoms with Crippen molar-refractivity contribution in [2.45, 2.75) is 55.9 Å².